The van der Waals surface area contributed by atoms with Gasteiger partial charge < -0.3 is 10.1 Å². The minimum Gasteiger partial charge on any atom is -0.380 e. The van der Waals surface area contributed by atoms with E-state index in [2.05, 4.69) is 10.6 Å². The third-order valence-electron chi connectivity index (χ3n) is 3.93. The van der Waals surface area contributed by atoms with Crippen molar-refractivity contribution >= 4 is 11.6 Å². The molecule has 4 heteroatoms. The molecule has 0 bridgehead atoms. The predicted octanol–water partition coefficient (Wildman–Crippen LogP) is 1.84. The average Bonchev–Trinajstić information content (AvgIpc) is 2.95. The van der Waals surface area contributed by atoms with Gasteiger partial charge in [0.1, 0.15) is 6.04 Å². The number of benzene rings is 1. The smallest absolute Gasteiger partial charge is 0.246 e. The van der Waals surface area contributed by atoms with Crippen molar-refractivity contribution < 1.29 is 9.53 Å². The molecule has 2 N–H and O–H groups in total. The molecule has 18 heavy (non-hydrogen) atoms. The zero-order valence-corrected chi connectivity index (χ0v) is 10.5. The Morgan fingerprint density at radius 3 is 3.00 bits per heavy atom. The summed E-state index contributed by atoms with van der Waals surface area (Å²) in [5.41, 5.74) is 1.97. The Balaban J connectivity index is 1.79. The molecule has 3 atom stereocenters. The summed E-state index contributed by atoms with van der Waals surface area (Å²) < 4.78 is 5.46. The van der Waals surface area contributed by atoms with Crippen LogP contribution in [0.4, 0.5) is 5.69 Å². The molecule has 1 fully saturated rings. The van der Waals surface area contributed by atoms with Gasteiger partial charge in [0.15, 0.2) is 0 Å². The molecule has 1 aromatic rings. The lowest BCUT2D eigenvalue weighted by Crippen LogP contribution is -2.41. The maximum atomic E-state index is 12.0. The number of nitrogens with one attached hydrogen (secondary N) is 2. The third kappa shape index (κ3) is 1.91. The van der Waals surface area contributed by atoms with Crippen molar-refractivity contribution in [2.24, 2.45) is 0 Å². The summed E-state index contributed by atoms with van der Waals surface area (Å²) >= 11 is 0. The van der Waals surface area contributed by atoms with Gasteiger partial charge >= 0.3 is 0 Å². The lowest BCUT2D eigenvalue weighted by Gasteiger charge is -2.23. The first kappa shape index (κ1) is 11.7. The number of para-hydroxylation sites is 1. The van der Waals surface area contributed by atoms with Crippen molar-refractivity contribution in [3.05, 3.63) is 29.8 Å². The Labute approximate surface area is 107 Å². The molecule has 0 radical (unpaired) electrons. The molecule has 1 aliphatic heterocycles. The van der Waals surface area contributed by atoms with Crippen LogP contribution in [0.3, 0.4) is 0 Å². The Bertz CT molecular complexity index is 461. The van der Waals surface area contributed by atoms with Crippen molar-refractivity contribution in [1.82, 2.24) is 5.32 Å². The van der Waals surface area contributed by atoms with Gasteiger partial charge in [-0.05, 0) is 25.3 Å². The SMILES string of the molecule is COC1CCCC1NC1C(=O)Nc2ccccc21. The van der Waals surface area contributed by atoms with Crippen LogP contribution >= 0.6 is 0 Å². The molecule has 4 nitrogen and oxygen atoms in total. The fourth-order valence-electron chi connectivity index (χ4n) is 2.99. The fraction of sp³-hybridized carbons (Fsp3) is 0.500. The monoisotopic (exact) mass is 246 g/mol. The number of carbonyl (C=O) groups excluding carboxylic acids is 1. The van der Waals surface area contributed by atoms with E-state index < -0.39 is 0 Å². The van der Waals surface area contributed by atoms with Gasteiger partial charge in [-0.15, -0.1) is 0 Å². The molecular weight excluding hydrogens is 228 g/mol. The van der Waals surface area contributed by atoms with Gasteiger partial charge in [-0.25, -0.2) is 0 Å². The average molecular weight is 246 g/mol. The number of hydrogen-bond donors (Lipinski definition) is 2. The summed E-state index contributed by atoms with van der Waals surface area (Å²) in [5, 5.41) is 6.36. The first-order valence-electron chi connectivity index (χ1n) is 6.48. The van der Waals surface area contributed by atoms with E-state index in [1.165, 1.54) is 0 Å². The van der Waals surface area contributed by atoms with E-state index in [4.69, 9.17) is 4.74 Å². The molecule has 1 amide bonds. The van der Waals surface area contributed by atoms with Gasteiger partial charge in [0, 0.05) is 24.4 Å². The highest BCUT2D eigenvalue weighted by molar-refractivity contribution is 6.02. The first-order chi connectivity index (χ1) is 8.79. The Morgan fingerprint density at radius 1 is 1.33 bits per heavy atom. The number of anilines is 1. The highest BCUT2D eigenvalue weighted by atomic mass is 16.5. The van der Waals surface area contributed by atoms with Gasteiger partial charge in [0.25, 0.3) is 0 Å². The normalized spacial score (nSPS) is 30.3. The van der Waals surface area contributed by atoms with Crippen LogP contribution in [0.1, 0.15) is 30.9 Å². The van der Waals surface area contributed by atoms with E-state index in [0.717, 1.165) is 30.5 Å². The first-order valence-corrected chi connectivity index (χ1v) is 6.48. The van der Waals surface area contributed by atoms with Gasteiger partial charge in [-0.3, -0.25) is 10.1 Å². The topological polar surface area (TPSA) is 50.4 Å². The number of fused-ring (bicyclic) bond motifs is 1. The quantitative estimate of drug-likeness (QED) is 0.855. The second-order valence-electron chi connectivity index (χ2n) is 4.99. The van der Waals surface area contributed by atoms with Crippen LogP contribution in [0, 0.1) is 0 Å². The largest absolute Gasteiger partial charge is 0.380 e. The lowest BCUT2D eigenvalue weighted by atomic mass is 10.1. The standard InChI is InChI=1S/C14H18N2O2/c1-18-12-8-4-7-11(12)15-13-9-5-2-3-6-10(9)16-14(13)17/h2-3,5-6,11-13,15H,4,7-8H2,1H3,(H,16,17). The van der Waals surface area contributed by atoms with E-state index >= 15 is 0 Å². The molecular formula is C14H18N2O2. The van der Waals surface area contributed by atoms with Crippen molar-refractivity contribution in [1.29, 1.82) is 0 Å². The van der Waals surface area contributed by atoms with Crippen molar-refractivity contribution in [2.45, 2.75) is 37.5 Å². The molecule has 96 valence electrons. The number of ether oxygens (including phenoxy) is 1. The van der Waals surface area contributed by atoms with E-state index in [-0.39, 0.29) is 24.1 Å². The molecule has 3 rings (SSSR count). The summed E-state index contributed by atoms with van der Waals surface area (Å²) in [5.74, 6) is 0.0398. The molecule has 3 unspecified atom stereocenters. The van der Waals surface area contributed by atoms with Crippen LogP contribution in [0.15, 0.2) is 24.3 Å². The maximum Gasteiger partial charge on any atom is 0.246 e. The number of carbonyl (C=O) groups is 1. The molecule has 1 aliphatic carbocycles. The van der Waals surface area contributed by atoms with Gasteiger partial charge in [-0.2, -0.15) is 0 Å². The molecule has 0 saturated heterocycles. The third-order valence-corrected chi connectivity index (χ3v) is 3.93. The Morgan fingerprint density at radius 2 is 2.17 bits per heavy atom. The fourth-order valence-corrected chi connectivity index (χ4v) is 2.99. The number of methoxy groups -OCH3 is 1. The van der Waals surface area contributed by atoms with Gasteiger partial charge in [0.2, 0.25) is 5.91 Å². The van der Waals surface area contributed by atoms with Crippen LogP contribution in [0.25, 0.3) is 0 Å². The summed E-state index contributed by atoms with van der Waals surface area (Å²) in [6, 6.07) is 7.89. The summed E-state index contributed by atoms with van der Waals surface area (Å²) in [6.45, 7) is 0. The van der Waals surface area contributed by atoms with E-state index in [1.807, 2.05) is 24.3 Å². The highest BCUT2D eigenvalue weighted by Crippen LogP contribution is 2.32. The van der Waals surface area contributed by atoms with Crippen molar-refractivity contribution in [2.75, 3.05) is 12.4 Å². The number of rotatable bonds is 3. The maximum absolute atomic E-state index is 12.0. The number of amides is 1. The van der Waals surface area contributed by atoms with Crippen molar-refractivity contribution in [3.63, 3.8) is 0 Å². The second kappa shape index (κ2) is 4.71. The summed E-state index contributed by atoms with van der Waals surface area (Å²) in [4.78, 5) is 12.0. The molecule has 0 aromatic heterocycles. The minimum absolute atomic E-state index is 0.0398. The molecule has 2 aliphatic rings. The second-order valence-corrected chi connectivity index (χ2v) is 4.99. The van der Waals surface area contributed by atoms with Crippen LogP contribution < -0.4 is 10.6 Å². The molecule has 1 saturated carbocycles. The van der Waals surface area contributed by atoms with Crippen LogP contribution in [0.5, 0.6) is 0 Å². The summed E-state index contributed by atoms with van der Waals surface area (Å²) in [7, 11) is 1.74. The van der Waals surface area contributed by atoms with E-state index in [1.54, 1.807) is 7.11 Å². The molecule has 1 heterocycles. The molecule has 1 aromatic carbocycles. The zero-order valence-electron chi connectivity index (χ0n) is 10.5. The van der Waals surface area contributed by atoms with E-state index in [9.17, 15) is 4.79 Å². The summed E-state index contributed by atoms with van der Waals surface area (Å²) in [6.07, 6.45) is 3.53. The zero-order chi connectivity index (χ0) is 12.5. The minimum atomic E-state index is -0.234. The van der Waals surface area contributed by atoms with Crippen molar-refractivity contribution in [3.8, 4) is 0 Å². The highest BCUT2D eigenvalue weighted by Gasteiger charge is 2.35. The van der Waals surface area contributed by atoms with Gasteiger partial charge in [-0.1, -0.05) is 18.2 Å². The Kier molecular flexibility index (Phi) is 3.06. The van der Waals surface area contributed by atoms with Crippen LogP contribution in [-0.4, -0.2) is 25.2 Å². The van der Waals surface area contributed by atoms with Crippen LogP contribution in [-0.2, 0) is 9.53 Å². The van der Waals surface area contributed by atoms with Crippen LogP contribution in [0.2, 0.25) is 0 Å². The van der Waals surface area contributed by atoms with E-state index in [0.29, 0.717) is 0 Å². The van der Waals surface area contributed by atoms with Gasteiger partial charge in [0.05, 0.1) is 6.10 Å². The molecule has 0 spiro atoms. The lowest BCUT2D eigenvalue weighted by molar-refractivity contribution is -0.118. The predicted molar refractivity (Wildman–Crippen MR) is 69.4 cm³/mol. The Hall–Kier alpha value is -1.39. The number of hydrogen-bond acceptors (Lipinski definition) is 3.